The molecule has 0 aromatic rings. The Labute approximate surface area is 112 Å². The Hall–Kier alpha value is -0.710. The summed E-state index contributed by atoms with van der Waals surface area (Å²) in [6.07, 6.45) is 7.57. The summed E-state index contributed by atoms with van der Waals surface area (Å²) in [7, 11) is 0. The summed E-state index contributed by atoms with van der Waals surface area (Å²) in [4.78, 5) is 28.1. The first kappa shape index (κ1) is 12.3. The maximum absolute atomic E-state index is 12.4. The summed E-state index contributed by atoms with van der Waals surface area (Å²) in [5.74, 6) is 0.333. The predicted octanol–water partition coefficient (Wildman–Crippen LogP) is 1.11. The van der Waals surface area contributed by atoms with Crippen LogP contribution < -0.4 is 0 Å². The van der Waals surface area contributed by atoms with Gasteiger partial charge in [-0.15, -0.1) is 0 Å². The van der Waals surface area contributed by atoms with Gasteiger partial charge >= 0.3 is 0 Å². The van der Waals surface area contributed by atoms with Gasteiger partial charge in [0, 0.05) is 17.8 Å². The van der Waals surface area contributed by atoms with Crippen LogP contribution in [0.3, 0.4) is 0 Å². The Morgan fingerprint density at radius 1 is 1.33 bits per heavy atom. The van der Waals surface area contributed by atoms with Gasteiger partial charge in [-0.3, -0.25) is 9.59 Å². The molecule has 3 aliphatic rings. The van der Waals surface area contributed by atoms with Crippen molar-refractivity contribution in [3.8, 4) is 0 Å². The molecule has 0 bridgehead atoms. The number of piperazine rings is 1. The molecule has 1 saturated carbocycles. The van der Waals surface area contributed by atoms with E-state index in [-0.39, 0.29) is 22.6 Å². The third-order valence-corrected chi connectivity index (χ3v) is 6.08. The van der Waals surface area contributed by atoms with E-state index in [4.69, 9.17) is 0 Å². The first-order valence-corrected chi connectivity index (χ1v) is 8.01. The van der Waals surface area contributed by atoms with Crippen molar-refractivity contribution in [1.82, 2.24) is 9.80 Å². The first-order chi connectivity index (χ1) is 8.65. The van der Waals surface area contributed by atoms with Crippen LogP contribution in [-0.4, -0.2) is 58.3 Å². The number of hydrogen-bond acceptors (Lipinski definition) is 3. The lowest BCUT2D eigenvalue weighted by molar-refractivity contribution is -0.154. The van der Waals surface area contributed by atoms with Crippen LogP contribution in [-0.2, 0) is 9.59 Å². The molecule has 100 valence electrons. The molecule has 3 rings (SSSR count). The molecule has 1 unspecified atom stereocenters. The molecule has 2 saturated heterocycles. The Bertz CT molecular complexity index is 376. The number of hydrogen-bond donors (Lipinski definition) is 0. The van der Waals surface area contributed by atoms with E-state index >= 15 is 0 Å². The number of carbonyl (C=O) groups excluding carboxylic acids is 2. The topological polar surface area (TPSA) is 40.6 Å². The number of thioether (sulfide) groups is 1. The number of amides is 2. The van der Waals surface area contributed by atoms with Crippen molar-refractivity contribution in [2.75, 3.05) is 25.9 Å². The first-order valence-electron chi connectivity index (χ1n) is 6.79. The Morgan fingerprint density at radius 2 is 2.11 bits per heavy atom. The summed E-state index contributed by atoms with van der Waals surface area (Å²) < 4.78 is 0.233. The van der Waals surface area contributed by atoms with E-state index in [1.54, 1.807) is 4.90 Å². The highest BCUT2D eigenvalue weighted by Crippen LogP contribution is 2.43. The minimum atomic E-state index is -0.148. The summed E-state index contributed by atoms with van der Waals surface area (Å²) >= 11 is 1.86. The maximum atomic E-state index is 12.4. The van der Waals surface area contributed by atoms with E-state index in [0.717, 1.165) is 25.9 Å². The van der Waals surface area contributed by atoms with E-state index in [0.29, 0.717) is 6.54 Å². The van der Waals surface area contributed by atoms with Crippen molar-refractivity contribution >= 4 is 23.6 Å². The zero-order valence-corrected chi connectivity index (χ0v) is 11.7. The van der Waals surface area contributed by atoms with Crippen molar-refractivity contribution < 1.29 is 9.59 Å². The number of nitrogens with zero attached hydrogens (tertiary/aromatic N) is 2. The number of fused-ring (bicyclic) bond motifs is 1. The van der Waals surface area contributed by atoms with Crippen LogP contribution in [0.15, 0.2) is 0 Å². The molecule has 0 aromatic heterocycles. The lowest BCUT2D eigenvalue weighted by Crippen LogP contribution is -2.60. The molecule has 1 aliphatic carbocycles. The van der Waals surface area contributed by atoms with Crippen LogP contribution in [0, 0.1) is 0 Å². The van der Waals surface area contributed by atoms with Crippen molar-refractivity contribution in [3.63, 3.8) is 0 Å². The van der Waals surface area contributed by atoms with Crippen LogP contribution in [0.4, 0.5) is 0 Å². The summed E-state index contributed by atoms with van der Waals surface area (Å²) in [6, 6.07) is -0.148. The van der Waals surface area contributed by atoms with Crippen molar-refractivity contribution in [2.45, 2.75) is 42.9 Å². The van der Waals surface area contributed by atoms with Gasteiger partial charge in [-0.25, -0.2) is 0 Å². The average molecular weight is 268 g/mol. The molecule has 5 heteroatoms. The van der Waals surface area contributed by atoms with Crippen molar-refractivity contribution in [1.29, 1.82) is 0 Å². The molecule has 0 radical (unpaired) electrons. The van der Waals surface area contributed by atoms with Gasteiger partial charge in [0.25, 0.3) is 0 Å². The van der Waals surface area contributed by atoms with Crippen LogP contribution in [0.25, 0.3) is 0 Å². The third-order valence-electron chi connectivity index (χ3n) is 4.67. The van der Waals surface area contributed by atoms with Gasteiger partial charge in [-0.1, -0.05) is 6.42 Å². The molecule has 2 aliphatic heterocycles. The van der Waals surface area contributed by atoms with E-state index in [1.807, 2.05) is 16.7 Å². The van der Waals surface area contributed by atoms with E-state index in [2.05, 4.69) is 6.26 Å². The van der Waals surface area contributed by atoms with E-state index in [9.17, 15) is 9.59 Å². The van der Waals surface area contributed by atoms with Gasteiger partial charge < -0.3 is 9.80 Å². The monoisotopic (exact) mass is 268 g/mol. The number of rotatable bonds is 3. The normalized spacial score (nSPS) is 30.4. The molecule has 0 aromatic carbocycles. The molecule has 3 fully saturated rings. The second kappa shape index (κ2) is 4.44. The summed E-state index contributed by atoms with van der Waals surface area (Å²) in [5.41, 5.74) is 0. The minimum Gasteiger partial charge on any atom is -0.330 e. The van der Waals surface area contributed by atoms with E-state index in [1.165, 1.54) is 19.3 Å². The van der Waals surface area contributed by atoms with E-state index < -0.39 is 0 Å². The predicted molar refractivity (Wildman–Crippen MR) is 71.4 cm³/mol. The van der Waals surface area contributed by atoms with Gasteiger partial charge in [-0.2, -0.15) is 11.8 Å². The molecule has 18 heavy (non-hydrogen) atoms. The van der Waals surface area contributed by atoms with Crippen LogP contribution >= 0.6 is 11.8 Å². The Morgan fingerprint density at radius 3 is 2.72 bits per heavy atom. The molecular weight excluding hydrogens is 248 g/mol. The van der Waals surface area contributed by atoms with Crippen LogP contribution in [0.5, 0.6) is 0 Å². The lowest BCUT2D eigenvalue weighted by Gasteiger charge is -2.46. The van der Waals surface area contributed by atoms with Gasteiger partial charge in [0.1, 0.15) is 6.04 Å². The molecule has 0 N–H and O–H groups in total. The minimum absolute atomic E-state index is 0.146. The fourth-order valence-electron chi connectivity index (χ4n) is 3.34. The SMILES string of the molecule is CSC1(CN2CC(=O)N3CCCC3C2=O)CCC1. The zero-order valence-electron chi connectivity index (χ0n) is 10.9. The van der Waals surface area contributed by atoms with Crippen molar-refractivity contribution in [2.24, 2.45) is 0 Å². The second-order valence-electron chi connectivity index (χ2n) is 5.68. The van der Waals surface area contributed by atoms with Gasteiger partial charge in [0.15, 0.2) is 0 Å². The Kier molecular flexibility index (Phi) is 3.04. The van der Waals surface area contributed by atoms with Gasteiger partial charge in [0.2, 0.25) is 11.8 Å². The fraction of sp³-hybridized carbons (Fsp3) is 0.846. The van der Waals surface area contributed by atoms with Crippen LogP contribution in [0.1, 0.15) is 32.1 Å². The fourth-order valence-corrected chi connectivity index (χ4v) is 4.33. The quantitative estimate of drug-likeness (QED) is 0.770. The molecule has 1 atom stereocenters. The Balaban J connectivity index is 1.73. The molecule has 0 spiro atoms. The van der Waals surface area contributed by atoms with Gasteiger partial charge in [-0.05, 0) is 31.9 Å². The van der Waals surface area contributed by atoms with Gasteiger partial charge in [0.05, 0.1) is 6.54 Å². The lowest BCUT2D eigenvalue weighted by atomic mass is 9.83. The maximum Gasteiger partial charge on any atom is 0.245 e. The molecule has 2 amide bonds. The highest BCUT2D eigenvalue weighted by atomic mass is 32.2. The standard InChI is InChI=1S/C13H20N2O2S/c1-18-13(5-3-6-13)9-14-8-11(16)15-7-2-4-10(15)12(14)17/h10H,2-9H2,1H3. The summed E-state index contributed by atoms with van der Waals surface area (Å²) in [5, 5.41) is 0. The second-order valence-corrected chi connectivity index (χ2v) is 6.95. The van der Waals surface area contributed by atoms with Crippen molar-refractivity contribution in [3.05, 3.63) is 0 Å². The molecule has 4 nitrogen and oxygen atoms in total. The summed E-state index contributed by atoms with van der Waals surface area (Å²) in [6.45, 7) is 1.84. The highest BCUT2D eigenvalue weighted by molar-refractivity contribution is 8.00. The average Bonchev–Trinajstić information content (AvgIpc) is 2.79. The largest absolute Gasteiger partial charge is 0.330 e. The smallest absolute Gasteiger partial charge is 0.245 e. The zero-order chi connectivity index (χ0) is 12.8. The number of carbonyl (C=O) groups is 2. The third kappa shape index (κ3) is 1.83. The molecule has 2 heterocycles. The van der Waals surface area contributed by atoms with Crippen LogP contribution in [0.2, 0.25) is 0 Å². The highest BCUT2D eigenvalue weighted by Gasteiger charge is 2.46. The molecular formula is C13H20N2O2S.